The van der Waals surface area contributed by atoms with Crippen LogP contribution >= 0.6 is 38.9 Å². The fraction of sp³-hybridized carbons (Fsp3) is 0.300. The standard InChI is InChI=1S/C20H18BrClFN3O4S/c1-3-29-19(27)10(2)30-20(28)15-14(9-21)25-17(18-24-6-7-31-18)26-16(15)12-5-4-11(23)8-13(12)22/h4-8,10,16H,3,9H2,1-2H3,(H,25,26)/t10-,16?/m1/s1. The number of aromatic nitrogens is 1. The van der Waals surface area contributed by atoms with Gasteiger partial charge in [-0.3, -0.25) is 4.99 Å². The van der Waals surface area contributed by atoms with Crippen molar-refractivity contribution >= 4 is 56.6 Å². The van der Waals surface area contributed by atoms with E-state index in [9.17, 15) is 14.0 Å². The number of carbonyl (C=O) groups excluding carboxylic acids is 2. The maximum Gasteiger partial charge on any atom is 0.347 e. The second kappa shape index (κ2) is 10.3. The Morgan fingerprint density at radius 2 is 2.19 bits per heavy atom. The maximum absolute atomic E-state index is 13.6. The molecule has 0 fully saturated rings. The summed E-state index contributed by atoms with van der Waals surface area (Å²) in [5, 5.41) is 5.85. The van der Waals surface area contributed by atoms with E-state index in [0.29, 0.717) is 22.1 Å². The van der Waals surface area contributed by atoms with Gasteiger partial charge in [-0.1, -0.05) is 33.6 Å². The average Bonchev–Trinajstić information content (AvgIpc) is 3.27. The number of aliphatic imine (C=N–C) groups is 1. The second-order valence-electron chi connectivity index (χ2n) is 6.33. The third-order valence-electron chi connectivity index (χ3n) is 4.27. The number of halogens is 3. The Morgan fingerprint density at radius 3 is 2.81 bits per heavy atom. The highest BCUT2D eigenvalue weighted by atomic mass is 79.9. The number of alkyl halides is 1. The van der Waals surface area contributed by atoms with E-state index in [2.05, 4.69) is 31.2 Å². The normalized spacial score (nSPS) is 16.9. The highest BCUT2D eigenvalue weighted by Crippen LogP contribution is 2.37. The minimum Gasteiger partial charge on any atom is -0.463 e. The van der Waals surface area contributed by atoms with Crippen LogP contribution in [-0.2, 0) is 19.1 Å². The molecule has 3 rings (SSSR count). The molecule has 31 heavy (non-hydrogen) atoms. The third-order valence-corrected chi connectivity index (χ3v) is 5.94. The first-order chi connectivity index (χ1) is 14.8. The summed E-state index contributed by atoms with van der Waals surface area (Å²) in [6, 6.07) is 2.95. The zero-order valence-corrected chi connectivity index (χ0v) is 19.7. The van der Waals surface area contributed by atoms with Gasteiger partial charge in [0.2, 0.25) is 0 Å². The van der Waals surface area contributed by atoms with Crippen LogP contribution in [0.5, 0.6) is 0 Å². The number of carbonyl (C=O) groups is 2. The molecule has 2 aromatic rings. The van der Waals surface area contributed by atoms with Gasteiger partial charge in [-0.05, 0) is 26.0 Å². The second-order valence-corrected chi connectivity index (χ2v) is 8.20. The predicted octanol–water partition coefficient (Wildman–Crippen LogP) is 4.17. The van der Waals surface area contributed by atoms with Crippen molar-refractivity contribution in [2.24, 2.45) is 4.99 Å². The Balaban J connectivity index is 2.05. The van der Waals surface area contributed by atoms with Gasteiger partial charge in [0, 0.05) is 33.2 Å². The summed E-state index contributed by atoms with van der Waals surface area (Å²) < 4.78 is 23.9. The summed E-state index contributed by atoms with van der Waals surface area (Å²) in [6.07, 6.45) is 0.511. The minimum absolute atomic E-state index is 0.104. The van der Waals surface area contributed by atoms with Gasteiger partial charge in [0.1, 0.15) is 11.9 Å². The highest BCUT2D eigenvalue weighted by molar-refractivity contribution is 9.09. The van der Waals surface area contributed by atoms with E-state index in [1.165, 1.54) is 30.4 Å². The Morgan fingerprint density at radius 1 is 1.42 bits per heavy atom. The number of nitrogens with zero attached hydrogens (tertiary/aromatic N) is 2. The topological polar surface area (TPSA) is 89.9 Å². The van der Waals surface area contributed by atoms with Gasteiger partial charge in [0.05, 0.1) is 12.2 Å². The molecule has 1 N–H and O–H groups in total. The summed E-state index contributed by atoms with van der Waals surface area (Å²) in [7, 11) is 0. The summed E-state index contributed by atoms with van der Waals surface area (Å²) in [4.78, 5) is 33.9. The van der Waals surface area contributed by atoms with Crippen LogP contribution in [0.4, 0.5) is 4.39 Å². The van der Waals surface area contributed by atoms with Crippen molar-refractivity contribution < 1.29 is 23.5 Å². The molecule has 11 heteroatoms. The number of esters is 2. The lowest BCUT2D eigenvalue weighted by atomic mass is 9.96. The van der Waals surface area contributed by atoms with Crippen LogP contribution in [0.2, 0.25) is 5.02 Å². The Hall–Kier alpha value is -2.30. The summed E-state index contributed by atoms with van der Waals surface area (Å²) in [5.41, 5.74) is 1.02. The van der Waals surface area contributed by atoms with Crippen molar-refractivity contribution in [2.45, 2.75) is 26.0 Å². The molecule has 0 saturated heterocycles. The number of amidine groups is 1. The average molecular weight is 531 g/mol. The van der Waals surface area contributed by atoms with Crippen molar-refractivity contribution in [1.82, 2.24) is 10.3 Å². The van der Waals surface area contributed by atoms with Gasteiger partial charge in [0.15, 0.2) is 16.9 Å². The molecule has 0 radical (unpaired) electrons. The quantitative estimate of drug-likeness (QED) is 0.427. The van der Waals surface area contributed by atoms with Gasteiger partial charge < -0.3 is 14.8 Å². The molecule has 0 spiro atoms. The van der Waals surface area contributed by atoms with Crippen LogP contribution in [0.25, 0.3) is 0 Å². The molecule has 7 nitrogen and oxygen atoms in total. The fourth-order valence-corrected chi connectivity index (χ4v) is 4.17. The summed E-state index contributed by atoms with van der Waals surface area (Å²) in [5.74, 6) is -1.51. The van der Waals surface area contributed by atoms with E-state index in [-0.39, 0.29) is 22.5 Å². The van der Waals surface area contributed by atoms with Crippen molar-refractivity contribution in [3.05, 3.63) is 62.5 Å². The molecule has 0 saturated carbocycles. The number of nitrogens with one attached hydrogen (secondary N) is 1. The number of thiazole rings is 1. The Bertz CT molecular complexity index is 1050. The lowest BCUT2D eigenvalue weighted by molar-refractivity contribution is -0.164. The summed E-state index contributed by atoms with van der Waals surface area (Å²) >= 11 is 11.0. The number of ether oxygens (including phenoxy) is 2. The number of rotatable bonds is 7. The highest BCUT2D eigenvalue weighted by Gasteiger charge is 2.35. The van der Waals surface area contributed by atoms with E-state index in [1.807, 2.05) is 0 Å². The largest absolute Gasteiger partial charge is 0.463 e. The Kier molecular flexibility index (Phi) is 7.79. The minimum atomic E-state index is -1.12. The van der Waals surface area contributed by atoms with Gasteiger partial charge in [-0.15, -0.1) is 11.3 Å². The van der Waals surface area contributed by atoms with Crippen LogP contribution in [0, 0.1) is 5.82 Å². The molecule has 1 unspecified atom stereocenters. The molecule has 1 aliphatic rings. The van der Waals surface area contributed by atoms with Crippen molar-refractivity contribution in [1.29, 1.82) is 0 Å². The molecule has 0 bridgehead atoms. The maximum atomic E-state index is 13.6. The Labute approximate surface area is 195 Å². The van der Waals surface area contributed by atoms with Crippen molar-refractivity contribution in [3.8, 4) is 0 Å². The van der Waals surface area contributed by atoms with E-state index in [1.54, 1.807) is 18.5 Å². The van der Waals surface area contributed by atoms with Crippen LogP contribution in [0.15, 0.2) is 46.0 Å². The first-order valence-electron chi connectivity index (χ1n) is 9.21. The van der Waals surface area contributed by atoms with Gasteiger partial charge in [-0.25, -0.2) is 19.0 Å². The monoisotopic (exact) mass is 529 g/mol. The molecule has 164 valence electrons. The molecule has 2 heterocycles. The SMILES string of the molecule is CCOC(=O)[C@@H](C)OC(=O)C1=C(CBr)NC(c2nccs2)=NC1c1ccc(F)cc1Cl. The number of benzene rings is 1. The zero-order valence-electron chi connectivity index (χ0n) is 16.5. The van der Waals surface area contributed by atoms with E-state index >= 15 is 0 Å². The van der Waals surface area contributed by atoms with E-state index < -0.39 is 29.9 Å². The molecule has 1 aromatic carbocycles. The molecule has 0 amide bonds. The van der Waals surface area contributed by atoms with Gasteiger partial charge in [0.25, 0.3) is 0 Å². The fourth-order valence-electron chi connectivity index (χ4n) is 2.87. The van der Waals surface area contributed by atoms with Crippen LogP contribution in [-0.4, -0.2) is 40.8 Å². The molecule has 1 aliphatic heterocycles. The lowest BCUT2D eigenvalue weighted by Gasteiger charge is -2.27. The van der Waals surface area contributed by atoms with Crippen molar-refractivity contribution in [3.63, 3.8) is 0 Å². The van der Waals surface area contributed by atoms with Crippen LogP contribution in [0.3, 0.4) is 0 Å². The van der Waals surface area contributed by atoms with Crippen LogP contribution in [0.1, 0.15) is 30.5 Å². The lowest BCUT2D eigenvalue weighted by Crippen LogP contribution is -2.36. The molecular formula is C20H18BrClFN3O4S. The summed E-state index contributed by atoms with van der Waals surface area (Å²) in [6.45, 7) is 3.24. The van der Waals surface area contributed by atoms with Gasteiger partial charge in [-0.2, -0.15) is 0 Å². The van der Waals surface area contributed by atoms with E-state index in [4.69, 9.17) is 21.1 Å². The molecule has 2 atom stereocenters. The zero-order chi connectivity index (χ0) is 22.5. The first-order valence-corrected chi connectivity index (χ1v) is 11.6. The number of allylic oxidation sites excluding steroid dienone is 1. The van der Waals surface area contributed by atoms with Crippen LogP contribution < -0.4 is 5.32 Å². The smallest absolute Gasteiger partial charge is 0.347 e. The first kappa shape index (κ1) is 23.4. The number of hydrogen-bond acceptors (Lipinski definition) is 8. The molecule has 0 aliphatic carbocycles. The molecule has 1 aromatic heterocycles. The number of hydrogen-bond donors (Lipinski definition) is 1. The molecular weight excluding hydrogens is 513 g/mol. The predicted molar refractivity (Wildman–Crippen MR) is 119 cm³/mol. The van der Waals surface area contributed by atoms with E-state index in [0.717, 1.165) is 6.07 Å². The van der Waals surface area contributed by atoms with Gasteiger partial charge >= 0.3 is 11.9 Å². The third kappa shape index (κ3) is 5.31. The van der Waals surface area contributed by atoms with Crippen molar-refractivity contribution in [2.75, 3.05) is 11.9 Å².